The minimum Gasteiger partial charge on any atom is -0.442 e. The van der Waals surface area contributed by atoms with Gasteiger partial charge in [0.25, 0.3) is 5.91 Å². The number of hydrogen-bond donors (Lipinski definition) is 2. The molecule has 0 atom stereocenters. The van der Waals surface area contributed by atoms with Crippen LogP contribution in [0.15, 0.2) is 36.9 Å². The van der Waals surface area contributed by atoms with E-state index in [9.17, 15) is 14.4 Å². The molecule has 26 heavy (non-hydrogen) atoms. The van der Waals surface area contributed by atoms with Crippen molar-refractivity contribution in [3.63, 3.8) is 0 Å². The average Bonchev–Trinajstić information content (AvgIpc) is 3.04. The van der Waals surface area contributed by atoms with Crippen molar-refractivity contribution in [1.29, 1.82) is 0 Å². The van der Waals surface area contributed by atoms with Crippen LogP contribution in [-0.2, 0) is 21.1 Å². The second kappa shape index (κ2) is 8.24. The highest BCUT2D eigenvalue weighted by Crippen LogP contribution is 2.15. The standard InChI is InChI=1S/C17H21N5O4/c1-17(2,3)16(25)26-11-22-10-13(8-20-22)21-14(23)9-19-15(24)12-5-4-6-18-7-12/h4-8,10H,9,11H2,1-3H3,(H,19,24)(H,21,23). The Balaban J connectivity index is 1.78. The van der Waals surface area contributed by atoms with E-state index in [1.54, 1.807) is 39.1 Å². The van der Waals surface area contributed by atoms with Gasteiger partial charge in [-0.1, -0.05) is 0 Å². The van der Waals surface area contributed by atoms with Crippen LogP contribution in [0.1, 0.15) is 31.1 Å². The van der Waals surface area contributed by atoms with Gasteiger partial charge in [0.1, 0.15) is 0 Å². The number of hydrogen-bond acceptors (Lipinski definition) is 6. The Kier molecular flexibility index (Phi) is 6.05. The van der Waals surface area contributed by atoms with Crippen molar-refractivity contribution in [3.8, 4) is 0 Å². The van der Waals surface area contributed by atoms with Crippen molar-refractivity contribution >= 4 is 23.5 Å². The van der Waals surface area contributed by atoms with Gasteiger partial charge < -0.3 is 15.4 Å². The van der Waals surface area contributed by atoms with Crippen molar-refractivity contribution in [2.45, 2.75) is 27.5 Å². The number of rotatable bonds is 6. The maximum absolute atomic E-state index is 11.9. The van der Waals surface area contributed by atoms with Gasteiger partial charge in [-0.05, 0) is 32.9 Å². The third-order valence-corrected chi connectivity index (χ3v) is 3.19. The summed E-state index contributed by atoms with van der Waals surface area (Å²) in [6.45, 7) is 5.01. The van der Waals surface area contributed by atoms with Crippen molar-refractivity contribution < 1.29 is 19.1 Å². The van der Waals surface area contributed by atoms with Crippen LogP contribution in [0.3, 0.4) is 0 Å². The number of nitrogens with zero attached hydrogens (tertiary/aromatic N) is 3. The third kappa shape index (κ3) is 5.69. The Morgan fingerprint density at radius 3 is 2.65 bits per heavy atom. The molecule has 2 amide bonds. The smallest absolute Gasteiger partial charge is 0.313 e. The molecule has 0 spiro atoms. The average molecular weight is 359 g/mol. The first-order chi connectivity index (χ1) is 12.3. The summed E-state index contributed by atoms with van der Waals surface area (Å²) >= 11 is 0. The van der Waals surface area contributed by atoms with Gasteiger partial charge >= 0.3 is 5.97 Å². The molecule has 138 valence electrons. The van der Waals surface area contributed by atoms with E-state index in [0.29, 0.717) is 11.3 Å². The lowest BCUT2D eigenvalue weighted by Gasteiger charge is -2.16. The van der Waals surface area contributed by atoms with Crippen LogP contribution in [0.5, 0.6) is 0 Å². The molecule has 2 aromatic heterocycles. The molecule has 0 saturated carbocycles. The van der Waals surface area contributed by atoms with E-state index in [0.717, 1.165) is 0 Å². The van der Waals surface area contributed by atoms with Gasteiger partial charge in [-0.15, -0.1) is 0 Å². The second-order valence-corrected chi connectivity index (χ2v) is 6.55. The van der Waals surface area contributed by atoms with Gasteiger partial charge in [0.15, 0.2) is 6.73 Å². The molecule has 0 bridgehead atoms. The van der Waals surface area contributed by atoms with E-state index in [1.165, 1.54) is 23.3 Å². The molecule has 2 rings (SSSR count). The molecule has 9 nitrogen and oxygen atoms in total. The summed E-state index contributed by atoms with van der Waals surface area (Å²) in [4.78, 5) is 39.3. The predicted octanol–water partition coefficient (Wildman–Crippen LogP) is 1.19. The minimum atomic E-state index is -0.601. The molecular formula is C17H21N5O4. The monoisotopic (exact) mass is 359 g/mol. The number of carbonyl (C=O) groups is 3. The summed E-state index contributed by atoms with van der Waals surface area (Å²) in [5.74, 6) is -1.15. The lowest BCUT2D eigenvalue weighted by Crippen LogP contribution is -2.32. The summed E-state index contributed by atoms with van der Waals surface area (Å²) in [6.07, 6.45) is 5.92. The van der Waals surface area contributed by atoms with Gasteiger partial charge in [-0.3, -0.25) is 19.4 Å². The van der Waals surface area contributed by atoms with Crippen LogP contribution >= 0.6 is 0 Å². The highest BCUT2D eigenvalue weighted by atomic mass is 16.5. The van der Waals surface area contributed by atoms with E-state index < -0.39 is 17.2 Å². The number of amides is 2. The highest BCUT2D eigenvalue weighted by molar-refractivity contribution is 5.99. The van der Waals surface area contributed by atoms with Crippen molar-refractivity contribution in [2.24, 2.45) is 5.41 Å². The Labute approximate surface area is 150 Å². The summed E-state index contributed by atoms with van der Waals surface area (Å²) in [5.41, 5.74) is 0.197. The summed E-state index contributed by atoms with van der Waals surface area (Å²) in [7, 11) is 0. The first kappa shape index (κ1) is 19.1. The lowest BCUT2D eigenvalue weighted by molar-refractivity contribution is -0.157. The number of aromatic nitrogens is 3. The number of ether oxygens (including phenoxy) is 1. The van der Waals surface area contributed by atoms with Crippen LogP contribution in [0.25, 0.3) is 0 Å². The topological polar surface area (TPSA) is 115 Å². The first-order valence-corrected chi connectivity index (χ1v) is 7.93. The van der Waals surface area contributed by atoms with Crippen LogP contribution in [-0.4, -0.2) is 39.1 Å². The first-order valence-electron chi connectivity index (χ1n) is 7.93. The van der Waals surface area contributed by atoms with Gasteiger partial charge in [-0.25, -0.2) is 4.68 Å². The van der Waals surface area contributed by atoms with E-state index in [2.05, 4.69) is 20.7 Å². The fourth-order valence-electron chi connectivity index (χ4n) is 1.80. The number of pyridine rings is 1. The molecule has 0 aliphatic heterocycles. The normalized spacial score (nSPS) is 10.9. The molecule has 2 aromatic rings. The van der Waals surface area contributed by atoms with E-state index in [1.807, 2.05) is 0 Å². The van der Waals surface area contributed by atoms with Crippen molar-refractivity contribution in [3.05, 3.63) is 42.5 Å². The second-order valence-electron chi connectivity index (χ2n) is 6.55. The maximum Gasteiger partial charge on any atom is 0.313 e. The minimum absolute atomic E-state index is 0.0519. The van der Waals surface area contributed by atoms with Gasteiger partial charge in [0.05, 0.1) is 35.6 Å². The zero-order chi connectivity index (χ0) is 19.2. The molecule has 0 aliphatic rings. The number of carbonyl (C=O) groups excluding carboxylic acids is 3. The summed E-state index contributed by atoms with van der Waals surface area (Å²) in [6, 6.07) is 3.24. The molecule has 0 fully saturated rings. The largest absolute Gasteiger partial charge is 0.442 e. The maximum atomic E-state index is 11.9. The molecular weight excluding hydrogens is 338 g/mol. The zero-order valence-electron chi connectivity index (χ0n) is 14.9. The van der Waals surface area contributed by atoms with Gasteiger partial charge in [0.2, 0.25) is 5.91 Å². The third-order valence-electron chi connectivity index (χ3n) is 3.19. The Hall–Kier alpha value is -3.23. The van der Waals surface area contributed by atoms with Gasteiger partial charge in [-0.2, -0.15) is 5.10 Å². The quantitative estimate of drug-likeness (QED) is 0.749. The van der Waals surface area contributed by atoms with Crippen LogP contribution in [0, 0.1) is 5.41 Å². The van der Waals surface area contributed by atoms with E-state index in [4.69, 9.17) is 4.74 Å². The number of nitrogens with one attached hydrogen (secondary N) is 2. The highest BCUT2D eigenvalue weighted by Gasteiger charge is 2.23. The molecule has 2 heterocycles. The van der Waals surface area contributed by atoms with Crippen molar-refractivity contribution in [1.82, 2.24) is 20.1 Å². The zero-order valence-corrected chi connectivity index (χ0v) is 14.9. The fourth-order valence-corrected chi connectivity index (χ4v) is 1.80. The summed E-state index contributed by atoms with van der Waals surface area (Å²) < 4.78 is 6.51. The molecule has 0 unspecified atom stereocenters. The Morgan fingerprint density at radius 1 is 1.23 bits per heavy atom. The molecule has 0 radical (unpaired) electrons. The van der Waals surface area contributed by atoms with E-state index in [-0.39, 0.29) is 19.2 Å². The Morgan fingerprint density at radius 2 is 2.00 bits per heavy atom. The van der Waals surface area contributed by atoms with E-state index >= 15 is 0 Å². The van der Waals surface area contributed by atoms with Crippen molar-refractivity contribution in [2.75, 3.05) is 11.9 Å². The molecule has 9 heteroatoms. The fraction of sp³-hybridized carbons (Fsp3) is 0.353. The number of anilines is 1. The summed E-state index contributed by atoms with van der Waals surface area (Å²) in [5, 5.41) is 9.08. The molecule has 2 N–H and O–H groups in total. The van der Waals surface area contributed by atoms with Crippen LogP contribution < -0.4 is 10.6 Å². The van der Waals surface area contributed by atoms with Gasteiger partial charge in [0, 0.05) is 12.4 Å². The lowest BCUT2D eigenvalue weighted by atomic mass is 9.98. The Bertz CT molecular complexity index is 780. The predicted molar refractivity (Wildman–Crippen MR) is 93.0 cm³/mol. The van der Waals surface area contributed by atoms with Crippen LogP contribution in [0.2, 0.25) is 0 Å². The molecule has 0 aliphatic carbocycles. The number of esters is 1. The molecule has 0 saturated heterocycles. The molecule has 0 aromatic carbocycles. The van der Waals surface area contributed by atoms with Crippen LogP contribution in [0.4, 0.5) is 5.69 Å². The SMILES string of the molecule is CC(C)(C)C(=O)OCn1cc(NC(=O)CNC(=O)c2cccnc2)cn1.